The van der Waals surface area contributed by atoms with Gasteiger partial charge in [0, 0.05) is 13.1 Å². The minimum atomic E-state index is -0.252. The van der Waals surface area contributed by atoms with E-state index in [2.05, 4.69) is 24.1 Å². The number of carbonyl (C=O) groups excluding carboxylic acids is 1. The average molecular weight is 247 g/mol. The van der Waals surface area contributed by atoms with Crippen LogP contribution in [-0.4, -0.2) is 31.6 Å². The first-order valence-corrected chi connectivity index (χ1v) is 6.47. The molecule has 0 atom stereocenters. The lowest BCUT2D eigenvalue weighted by atomic mass is 9.68. The van der Waals surface area contributed by atoms with Gasteiger partial charge >= 0.3 is 5.97 Å². The zero-order valence-electron chi connectivity index (χ0n) is 11.2. The molecule has 0 bridgehead atoms. The van der Waals surface area contributed by atoms with Crippen molar-refractivity contribution in [2.24, 2.45) is 5.41 Å². The van der Waals surface area contributed by atoms with Crippen molar-refractivity contribution >= 4 is 5.97 Å². The van der Waals surface area contributed by atoms with Gasteiger partial charge in [0.1, 0.15) is 0 Å². The highest BCUT2D eigenvalue weighted by Gasteiger charge is 2.45. The van der Waals surface area contributed by atoms with Crippen LogP contribution in [0.1, 0.15) is 24.8 Å². The molecular formula is C15H21NO2. The van der Waals surface area contributed by atoms with Gasteiger partial charge in [-0.25, -0.2) is 0 Å². The second-order valence-corrected chi connectivity index (χ2v) is 5.28. The standard InChI is InChI=1S/C15H21NO2/c1-16(11-13-7-4-3-5-8-13)12-15(9-6-10-15)14(17)18-2/h3-5,7-8H,6,9-12H2,1-2H3. The van der Waals surface area contributed by atoms with Crippen LogP contribution < -0.4 is 0 Å². The number of carbonyl (C=O) groups is 1. The molecule has 3 heteroatoms. The Morgan fingerprint density at radius 1 is 1.33 bits per heavy atom. The van der Waals surface area contributed by atoms with Crippen LogP contribution in [0.15, 0.2) is 30.3 Å². The van der Waals surface area contributed by atoms with Crippen molar-refractivity contribution in [3.8, 4) is 0 Å². The summed E-state index contributed by atoms with van der Waals surface area (Å²) in [4.78, 5) is 14.1. The largest absolute Gasteiger partial charge is 0.469 e. The van der Waals surface area contributed by atoms with E-state index in [9.17, 15) is 4.79 Å². The van der Waals surface area contributed by atoms with Gasteiger partial charge in [-0.2, -0.15) is 0 Å². The van der Waals surface area contributed by atoms with Gasteiger partial charge in [-0.1, -0.05) is 36.8 Å². The van der Waals surface area contributed by atoms with E-state index >= 15 is 0 Å². The number of methoxy groups -OCH3 is 1. The first-order valence-electron chi connectivity index (χ1n) is 6.47. The number of esters is 1. The van der Waals surface area contributed by atoms with Gasteiger partial charge in [-0.05, 0) is 25.5 Å². The Hall–Kier alpha value is -1.35. The van der Waals surface area contributed by atoms with E-state index in [-0.39, 0.29) is 11.4 Å². The molecule has 0 heterocycles. The third-order valence-corrected chi connectivity index (χ3v) is 3.80. The summed E-state index contributed by atoms with van der Waals surface area (Å²) in [6.07, 6.45) is 3.05. The van der Waals surface area contributed by atoms with E-state index in [0.717, 1.165) is 32.4 Å². The highest BCUT2D eigenvalue weighted by Crippen LogP contribution is 2.42. The zero-order chi connectivity index (χ0) is 13.0. The number of hydrogen-bond acceptors (Lipinski definition) is 3. The first-order chi connectivity index (χ1) is 8.66. The fourth-order valence-corrected chi connectivity index (χ4v) is 2.71. The molecular weight excluding hydrogens is 226 g/mol. The molecule has 1 aromatic carbocycles. The third kappa shape index (κ3) is 2.72. The molecule has 0 amide bonds. The highest BCUT2D eigenvalue weighted by atomic mass is 16.5. The smallest absolute Gasteiger partial charge is 0.313 e. The second-order valence-electron chi connectivity index (χ2n) is 5.28. The molecule has 2 rings (SSSR count). The summed E-state index contributed by atoms with van der Waals surface area (Å²) in [5.41, 5.74) is 1.03. The maximum atomic E-state index is 11.9. The van der Waals surface area contributed by atoms with Crippen LogP contribution in [0.4, 0.5) is 0 Å². The summed E-state index contributed by atoms with van der Waals surface area (Å²) in [5.74, 6) is -0.0475. The molecule has 0 aliphatic heterocycles. The summed E-state index contributed by atoms with van der Waals surface area (Å²) in [6.45, 7) is 1.66. The molecule has 3 nitrogen and oxygen atoms in total. The molecule has 0 aromatic heterocycles. The lowest BCUT2D eigenvalue weighted by molar-refractivity contribution is -0.160. The Morgan fingerprint density at radius 3 is 2.50 bits per heavy atom. The summed E-state index contributed by atoms with van der Waals surface area (Å²) in [5, 5.41) is 0. The van der Waals surface area contributed by atoms with Crippen molar-refractivity contribution in [1.29, 1.82) is 0 Å². The SMILES string of the molecule is COC(=O)C1(CN(C)Cc2ccccc2)CCC1. The van der Waals surface area contributed by atoms with Crippen molar-refractivity contribution in [3.05, 3.63) is 35.9 Å². The fraction of sp³-hybridized carbons (Fsp3) is 0.533. The van der Waals surface area contributed by atoms with Gasteiger partial charge in [0.15, 0.2) is 0 Å². The van der Waals surface area contributed by atoms with Gasteiger partial charge in [0.25, 0.3) is 0 Å². The van der Waals surface area contributed by atoms with E-state index in [4.69, 9.17) is 4.74 Å². The van der Waals surface area contributed by atoms with Crippen LogP contribution in [-0.2, 0) is 16.1 Å². The van der Waals surface area contributed by atoms with E-state index in [1.165, 1.54) is 12.7 Å². The lowest BCUT2D eigenvalue weighted by Gasteiger charge is -2.41. The summed E-state index contributed by atoms with van der Waals surface area (Å²) in [7, 11) is 3.55. The minimum Gasteiger partial charge on any atom is -0.469 e. The molecule has 1 aliphatic rings. The Labute approximate surface area is 109 Å². The van der Waals surface area contributed by atoms with Crippen molar-refractivity contribution in [3.63, 3.8) is 0 Å². The Morgan fingerprint density at radius 2 is 2.00 bits per heavy atom. The maximum Gasteiger partial charge on any atom is 0.313 e. The number of benzene rings is 1. The molecule has 1 saturated carbocycles. The normalized spacial score (nSPS) is 17.3. The van der Waals surface area contributed by atoms with Crippen molar-refractivity contribution in [2.75, 3.05) is 20.7 Å². The van der Waals surface area contributed by atoms with E-state index in [1.54, 1.807) is 0 Å². The fourth-order valence-electron chi connectivity index (χ4n) is 2.71. The third-order valence-electron chi connectivity index (χ3n) is 3.80. The van der Waals surface area contributed by atoms with E-state index in [1.807, 2.05) is 18.2 Å². The monoisotopic (exact) mass is 247 g/mol. The number of hydrogen-bond donors (Lipinski definition) is 0. The van der Waals surface area contributed by atoms with Crippen molar-refractivity contribution in [2.45, 2.75) is 25.8 Å². The molecule has 0 spiro atoms. The number of nitrogens with zero attached hydrogens (tertiary/aromatic N) is 1. The molecule has 1 aromatic rings. The molecule has 0 radical (unpaired) electrons. The molecule has 1 fully saturated rings. The molecule has 0 unspecified atom stereocenters. The first kappa shape index (κ1) is 13.1. The average Bonchev–Trinajstić information content (AvgIpc) is 2.34. The predicted octanol–water partition coefficient (Wildman–Crippen LogP) is 2.46. The number of ether oxygens (including phenoxy) is 1. The predicted molar refractivity (Wildman–Crippen MR) is 71.1 cm³/mol. The zero-order valence-corrected chi connectivity index (χ0v) is 11.2. The van der Waals surface area contributed by atoms with Crippen LogP contribution in [0.3, 0.4) is 0 Å². The number of rotatable bonds is 5. The summed E-state index contributed by atoms with van der Waals surface area (Å²) < 4.78 is 4.94. The summed E-state index contributed by atoms with van der Waals surface area (Å²) >= 11 is 0. The van der Waals surface area contributed by atoms with Crippen molar-refractivity contribution < 1.29 is 9.53 Å². The minimum absolute atomic E-state index is 0.0475. The lowest BCUT2D eigenvalue weighted by Crippen LogP contribution is -2.47. The Kier molecular flexibility index (Phi) is 4.02. The van der Waals surface area contributed by atoms with Crippen LogP contribution in [0.2, 0.25) is 0 Å². The van der Waals surface area contributed by atoms with Gasteiger partial charge in [-0.3, -0.25) is 4.79 Å². The Bertz CT molecular complexity index is 398. The van der Waals surface area contributed by atoms with Gasteiger partial charge in [-0.15, -0.1) is 0 Å². The van der Waals surface area contributed by atoms with Gasteiger partial charge in [0.2, 0.25) is 0 Å². The second kappa shape index (κ2) is 5.53. The Balaban J connectivity index is 1.94. The van der Waals surface area contributed by atoms with Crippen LogP contribution >= 0.6 is 0 Å². The topological polar surface area (TPSA) is 29.5 Å². The maximum absolute atomic E-state index is 11.9. The summed E-state index contributed by atoms with van der Waals surface area (Å²) in [6, 6.07) is 10.3. The van der Waals surface area contributed by atoms with E-state index < -0.39 is 0 Å². The molecule has 18 heavy (non-hydrogen) atoms. The molecule has 98 valence electrons. The van der Waals surface area contributed by atoms with Crippen molar-refractivity contribution in [1.82, 2.24) is 4.90 Å². The van der Waals surface area contributed by atoms with Crippen LogP contribution in [0.25, 0.3) is 0 Å². The van der Waals surface area contributed by atoms with Gasteiger partial charge in [0.05, 0.1) is 12.5 Å². The van der Waals surface area contributed by atoms with Crippen LogP contribution in [0, 0.1) is 5.41 Å². The molecule has 1 aliphatic carbocycles. The van der Waals surface area contributed by atoms with E-state index in [0.29, 0.717) is 0 Å². The molecule has 0 N–H and O–H groups in total. The van der Waals surface area contributed by atoms with Gasteiger partial charge < -0.3 is 9.64 Å². The molecule has 0 saturated heterocycles. The van der Waals surface area contributed by atoms with Crippen LogP contribution in [0.5, 0.6) is 0 Å². The highest BCUT2D eigenvalue weighted by molar-refractivity contribution is 5.78. The quantitative estimate of drug-likeness (QED) is 0.749.